The van der Waals surface area contributed by atoms with E-state index in [9.17, 15) is 4.79 Å². The average molecular weight is 319 g/mol. The van der Waals surface area contributed by atoms with Gasteiger partial charge in [0.1, 0.15) is 5.60 Å². The van der Waals surface area contributed by atoms with E-state index in [-0.39, 0.29) is 11.6 Å². The highest BCUT2D eigenvalue weighted by Gasteiger charge is 2.37. The van der Waals surface area contributed by atoms with Crippen LogP contribution in [0.5, 0.6) is 0 Å². The fraction of sp³-hybridized carbons (Fsp3) is 0.611. The number of ether oxygens (including phenoxy) is 1. The van der Waals surface area contributed by atoms with Crippen molar-refractivity contribution in [2.75, 3.05) is 33.2 Å². The van der Waals surface area contributed by atoms with E-state index in [1.54, 1.807) is 0 Å². The summed E-state index contributed by atoms with van der Waals surface area (Å²) in [7, 11) is 1.95. The molecule has 1 aromatic carbocycles. The number of likely N-dealkylation sites (N-methyl/N-ethyl adjacent to an activating group) is 1. The zero-order chi connectivity index (χ0) is 16.9. The lowest BCUT2D eigenvalue weighted by atomic mass is 9.88. The van der Waals surface area contributed by atoms with Crippen molar-refractivity contribution in [1.29, 1.82) is 0 Å². The molecule has 1 aliphatic heterocycles. The molecule has 0 spiro atoms. The minimum Gasteiger partial charge on any atom is -0.444 e. The Bertz CT molecular complexity index is 509. The van der Waals surface area contributed by atoms with Gasteiger partial charge >= 0.3 is 6.09 Å². The lowest BCUT2D eigenvalue weighted by Crippen LogP contribution is -2.66. The number of carbonyl (C=O) groups excluding carboxylic acids is 1. The van der Waals surface area contributed by atoms with Gasteiger partial charge in [0.2, 0.25) is 0 Å². The highest BCUT2D eigenvalue weighted by atomic mass is 16.6. The normalized spacial score (nSPS) is 22.0. The van der Waals surface area contributed by atoms with Crippen LogP contribution in [0.4, 0.5) is 4.79 Å². The second kappa shape index (κ2) is 7.32. The Hall–Kier alpha value is -1.59. The molecule has 5 heteroatoms. The molecule has 1 fully saturated rings. The maximum Gasteiger partial charge on any atom is 0.410 e. The monoisotopic (exact) mass is 319 g/mol. The first-order valence-electron chi connectivity index (χ1n) is 8.25. The minimum atomic E-state index is -0.465. The van der Waals surface area contributed by atoms with Crippen LogP contribution in [0.25, 0.3) is 0 Å². The highest BCUT2D eigenvalue weighted by Crippen LogP contribution is 2.20. The summed E-state index contributed by atoms with van der Waals surface area (Å²) in [4.78, 5) is 14.2. The van der Waals surface area contributed by atoms with E-state index in [1.165, 1.54) is 5.56 Å². The Morgan fingerprint density at radius 1 is 1.35 bits per heavy atom. The molecule has 0 aliphatic carbocycles. The third-order valence-electron chi connectivity index (χ3n) is 3.93. The van der Waals surface area contributed by atoms with Crippen LogP contribution in [0.1, 0.15) is 26.3 Å². The maximum atomic E-state index is 12.4. The minimum absolute atomic E-state index is 0.175. The zero-order valence-corrected chi connectivity index (χ0v) is 14.7. The van der Waals surface area contributed by atoms with Crippen LogP contribution in [0, 0.1) is 0 Å². The van der Waals surface area contributed by atoms with E-state index in [0.29, 0.717) is 13.1 Å². The molecule has 2 rings (SSSR count). The topological polar surface area (TPSA) is 53.6 Å². The third kappa shape index (κ3) is 5.22. The fourth-order valence-corrected chi connectivity index (χ4v) is 3.06. The maximum absolute atomic E-state index is 12.4. The van der Waals surface area contributed by atoms with Gasteiger partial charge in [0.05, 0.1) is 5.54 Å². The molecule has 2 N–H and O–H groups in total. The number of hydrogen-bond acceptors (Lipinski definition) is 4. The first-order valence-corrected chi connectivity index (χ1v) is 8.25. The molecule has 1 saturated heterocycles. The van der Waals surface area contributed by atoms with Gasteiger partial charge in [0.25, 0.3) is 0 Å². The number of benzene rings is 1. The summed E-state index contributed by atoms with van der Waals surface area (Å²) in [6.07, 6.45) is 0.640. The number of rotatable bonds is 4. The molecule has 0 bridgehead atoms. The molecule has 1 aliphatic rings. The van der Waals surface area contributed by atoms with Crippen molar-refractivity contribution >= 4 is 6.09 Å². The summed E-state index contributed by atoms with van der Waals surface area (Å²) in [6.45, 7) is 8.58. The Morgan fingerprint density at radius 2 is 2.04 bits per heavy atom. The van der Waals surface area contributed by atoms with Crippen molar-refractivity contribution in [2.24, 2.45) is 0 Å². The van der Waals surface area contributed by atoms with E-state index in [4.69, 9.17) is 4.74 Å². The Labute approximate surface area is 139 Å². The number of carbonyl (C=O) groups is 1. The van der Waals surface area contributed by atoms with E-state index in [0.717, 1.165) is 19.5 Å². The first kappa shape index (κ1) is 17.8. The van der Waals surface area contributed by atoms with E-state index in [2.05, 4.69) is 34.9 Å². The fourth-order valence-electron chi connectivity index (χ4n) is 3.06. The average Bonchev–Trinajstić information content (AvgIpc) is 2.47. The molecular formula is C18H29N3O2. The Balaban J connectivity index is 2.11. The van der Waals surface area contributed by atoms with Crippen molar-refractivity contribution < 1.29 is 9.53 Å². The molecule has 1 heterocycles. The molecule has 1 aromatic rings. The van der Waals surface area contributed by atoms with E-state index in [1.807, 2.05) is 38.8 Å². The smallest absolute Gasteiger partial charge is 0.410 e. The molecule has 0 radical (unpaired) electrons. The van der Waals surface area contributed by atoms with E-state index < -0.39 is 5.60 Å². The number of nitrogens with one attached hydrogen (secondary N) is 2. The van der Waals surface area contributed by atoms with Crippen LogP contribution in [0.2, 0.25) is 0 Å². The molecule has 128 valence electrons. The van der Waals surface area contributed by atoms with Crippen LogP contribution in [-0.4, -0.2) is 55.4 Å². The summed E-state index contributed by atoms with van der Waals surface area (Å²) in [5, 5.41) is 6.88. The van der Waals surface area contributed by atoms with Gasteiger partial charge in [-0.3, -0.25) is 0 Å². The van der Waals surface area contributed by atoms with Crippen LogP contribution < -0.4 is 10.6 Å². The van der Waals surface area contributed by atoms with Gasteiger partial charge in [0.15, 0.2) is 0 Å². The zero-order valence-electron chi connectivity index (χ0n) is 14.7. The largest absolute Gasteiger partial charge is 0.444 e. The lowest BCUT2D eigenvalue weighted by Gasteiger charge is -2.44. The number of hydrogen-bond donors (Lipinski definition) is 2. The van der Waals surface area contributed by atoms with Crippen molar-refractivity contribution in [1.82, 2.24) is 15.5 Å². The van der Waals surface area contributed by atoms with Crippen molar-refractivity contribution in [3.8, 4) is 0 Å². The number of piperazine rings is 1. The van der Waals surface area contributed by atoms with Crippen LogP contribution in [-0.2, 0) is 11.2 Å². The quantitative estimate of drug-likeness (QED) is 0.891. The standard InChI is InChI=1S/C18H29N3O2/c1-17(2,3)23-16(22)21-11-10-20-18(14-21,13-19-4)12-15-8-6-5-7-9-15/h5-9,19-20H,10-14H2,1-4H3. The second-order valence-electron chi connectivity index (χ2n) is 7.30. The van der Waals surface area contributed by atoms with Crippen molar-refractivity contribution in [3.63, 3.8) is 0 Å². The summed E-state index contributed by atoms with van der Waals surface area (Å²) in [5.74, 6) is 0. The van der Waals surface area contributed by atoms with Gasteiger partial charge in [-0.25, -0.2) is 4.79 Å². The summed E-state index contributed by atoms with van der Waals surface area (Å²) < 4.78 is 5.54. The van der Waals surface area contributed by atoms with Gasteiger partial charge in [-0.1, -0.05) is 30.3 Å². The molecular weight excluding hydrogens is 290 g/mol. The number of amides is 1. The van der Waals surface area contributed by atoms with Crippen LogP contribution in [0.3, 0.4) is 0 Å². The predicted octanol–water partition coefficient (Wildman–Crippen LogP) is 2.03. The van der Waals surface area contributed by atoms with Crippen LogP contribution >= 0.6 is 0 Å². The predicted molar refractivity (Wildman–Crippen MR) is 92.6 cm³/mol. The van der Waals surface area contributed by atoms with Crippen molar-refractivity contribution in [3.05, 3.63) is 35.9 Å². The second-order valence-corrected chi connectivity index (χ2v) is 7.30. The molecule has 5 nitrogen and oxygen atoms in total. The molecule has 1 amide bonds. The summed E-state index contributed by atoms with van der Waals surface area (Å²) >= 11 is 0. The first-order chi connectivity index (χ1) is 10.8. The highest BCUT2D eigenvalue weighted by molar-refractivity contribution is 5.68. The molecule has 0 saturated carbocycles. The third-order valence-corrected chi connectivity index (χ3v) is 3.93. The molecule has 0 aromatic heterocycles. The Morgan fingerprint density at radius 3 is 2.65 bits per heavy atom. The van der Waals surface area contributed by atoms with Crippen LogP contribution in [0.15, 0.2) is 30.3 Å². The van der Waals surface area contributed by atoms with E-state index >= 15 is 0 Å². The SMILES string of the molecule is CNCC1(Cc2ccccc2)CN(C(=O)OC(C)(C)C)CCN1. The van der Waals surface area contributed by atoms with Gasteiger partial charge in [-0.05, 0) is 39.8 Å². The number of nitrogens with zero attached hydrogens (tertiary/aromatic N) is 1. The molecule has 23 heavy (non-hydrogen) atoms. The van der Waals surface area contributed by atoms with Gasteiger partial charge in [-0.15, -0.1) is 0 Å². The van der Waals surface area contributed by atoms with Gasteiger partial charge < -0.3 is 20.3 Å². The van der Waals surface area contributed by atoms with Gasteiger partial charge in [-0.2, -0.15) is 0 Å². The van der Waals surface area contributed by atoms with Gasteiger partial charge in [0, 0.05) is 26.2 Å². The Kier molecular flexibility index (Phi) is 5.65. The van der Waals surface area contributed by atoms with Crippen molar-refractivity contribution in [2.45, 2.75) is 38.3 Å². The summed E-state index contributed by atoms with van der Waals surface area (Å²) in [6, 6.07) is 10.4. The lowest BCUT2D eigenvalue weighted by molar-refractivity contribution is 0.0123. The summed E-state index contributed by atoms with van der Waals surface area (Å²) in [5.41, 5.74) is 0.625. The molecule has 1 atom stereocenters. The molecule has 1 unspecified atom stereocenters.